The Morgan fingerprint density at radius 2 is 1.70 bits per heavy atom. The molecule has 0 spiro atoms. The number of anilines is 2. The third-order valence-electron chi connectivity index (χ3n) is 3.97. The highest BCUT2D eigenvalue weighted by atomic mass is 16.6. The van der Waals surface area contributed by atoms with Gasteiger partial charge in [0.1, 0.15) is 13.2 Å². The van der Waals surface area contributed by atoms with Gasteiger partial charge < -0.3 is 24.6 Å². The minimum absolute atomic E-state index is 0.354. The van der Waals surface area contributed by atoms with E-state index in [1.807, 2.05) is 19.1 Å². The van der Waals surface area contributed by atoms with E-state index in [1.165, 1.54) is 0 Å². The van der Waals surface area contributed by atoms with Gasteiger partial charge in [0, 0.05) is 29.4 Å². The van der Waals surface area contributed by atoms with Gasteiger partial charge in [-0.1, -0.05) is 12.1 Å². The van der Waals surface area contributed by atoms with Gasteiger partial charge in [0.05, 0.1) is 0 Å². The Morgan fingerprint density at radius 3 is 2.44 bits per heavy atom. The Kier molecular flexibility index (Phi) is 4.61. The lowest BCUT2D eigenvalue weighted by Gasteiger charge is -2.19. The smallest absolute Gasteiger partial charge is 0.323 e. The molecular weight excluding hydrogens is 348 g/mol. The maximum atomic E-state index is 12.2. The molecule has 0 unspecified atom stereocenters. The van der Waals surface area contributed by atoms with Crippen LogP contribution in [0.1, 0.15) is 12.8 Å². The van der Waals surface area contributed by atoms with E-state index < -0.39 is 0 Å². The van der Waals surface area contributed by atoms with Crippen molar-refractivity contribution < 1.29 is 18.8 Å². The number of rotatable bonds is 4. The van der Waals surface area contributed by atoms with Crippen molar-refractivity contribution in [3.63, 3.8) is 0 Å². The summed E-state index contributed by atoms with van der Waals surface area (Å²) in [6.45, 7) is 2.97. The van der Waals surface area contributed by atoms with Crippen molar-refractivity contribution >= 4 is 17.4 Å². The number of carbonyl (C=O) groups is 1. The van der Waals surface area contributed by atoms with Gasteiger partial charge >= 0.3 is 6.03 Å². The Balaban J connectivity index is 1.39. The molecule has 0 aliphatic carbocycles. The van der Waals surface area contributed by atoms with Gasteiger partial charge in [-0.2, -0.15) is 4.98 Å². The molecule has 1 aromatic heterocycles. The minimum Gasteiger partial charge on any atom is -0.486 e. The fraction of sp³-hybridized carbons (Fsp3) is 0.211. The molecule has 2 amide bonds. The molecule has 4 rings (SSSR count). The number of aromatic nitrogens is 2. The van der Waals surface area contributed by atoms with E-state index in [2.05, 4.69) is 20.8 Å². The molecule has 0 bridgehead atoms. The number of amides is 2. The van der Waals surface area contributed by atoms with Gasteiger partial charge in [-0.15, -0.1) is 0 Å². The molecule has 2 aromatic carbocycles. The van der Waals surface area contributed by atoms with Crippen LogP contribution >= 0.6 is 0 Å². The summed E-state index contributed by atoms with van der Waals surface area (Å²) >= 11 is 0. The summed E-state index contributed by atoms with van der Waals surface area (Å²) in [5, 5.41) is 9.48. The largest absolute Gasteiger partial charge is 0.486 e. The predicted octanol–water partition coefficient (Wildman–Crippen LogP) is 3.71. The maximum Gasteiger partial charge on any atom is 0.323 e. The number of urea groups is 1. The zero-order valence-corrected chi connectivity index (χ0v) is 14.7. The molecule has 2 N–H and O–H groups in total. The first-order chi connectivity index (χ1) is 13.2. The zero-order chi connectivity index (χ0) is 18.6. The molecule has 0 saturated carbocycles. The Hall–Kier alpha value is -3.55. The zero-order valence-electron chi connectivity index (χ0n) is 14.7. The second kappa shape index (κ2) is 7.36. The summed E-state index contributed by atoms with van der Waals surface area (Å²) < 4.78 is 16.1. The van der Waals surface area contributed by atoms with Crippen LogP contribution in [0.2, 0.25) is 0 Å². The number of benzene rings is 2. The molecule has 27 heavy (non-hydrogen) atoms. The fourth-order valence-corrected chi connectivity index (χ4v) is 2.63. The standard InChI is InChI=1S/C19H18N4O4/c1-2-17-22-18(23-27-17)12-3-5-13(6-4-12)20-19(24)21-14-7-8-15-16(11-14)26-10-9-25-15/h3-8,11H,2,9-10H2,1H3,(H2,20,21,24). The second-order valence-corrected chi connectivity index (χ2v) is 5.88. The van der Waals surface area contributed by atoms with E-state index in [1.54, 1.807) is 30.3 Å². The number of carbonyl (C=O) groups excluding carboxylic acids is 1. The SMILES string of the molecule is CCc1nc(-c2ccc(NC(=O)Nc3ccc4c(c3)OCCO4)cc2)no1. The Morgan fingerprint density at radius 1 is 1.00 bits per heavy atom. The Bertz CT molecular complexity index is 953. The molecule has 3 aromatic rings. The number of fused-ring (bicyclic) bond motifs is 1. The van der Waals surface area contributed by atoms with E-state index >= 15 is 0 Å². The third-order valence-corrected chi connectivity index (χ3v) is 3.97. The molecule has 0 radical (unpaired) electrons. The molecule has 0 saturated heterocycles. The van der Waals surface area contributed by atoms with E-state index in [0.29, 0.717) is 54.2 Å². The highest BCUT2D eigenvalue weighted by Gasteiger charge is 2.13. The molecule has 1 aliphatic rings. The van der Waals surface area contributed by atoms with Crippen molar-refractivity contribution in [3.8, 4) is 22.9 Å². The molecule has 138 valence electrons. The summed E-state index contributed by atoms with van der Waals surface area (Å²) in [6, 6.07) is 12.1. The Labute approximate surface area is 155 Å². The van der Waals surface area contributed by atoms with E-state index in [-0.39, 0.29) is 6.03 Å². The van der Waals surface area contributed by atoms with Crippen molar-refractivity contribution in [2.45, 2.75) is 13.3 Å². The van der Waals surface area contributed by atoms with Crippen LogP contribution in [0.15, 0.2) is 47.0 Å². The van der Waals surface area contributed by atoms with E-state index in [0.717, 1.165) is 5.56 Å². The average molecular weight is 366 g/mol. The van der Waals surface area contributed by atoms with Gasteiger partial charge in [-0.05, 0) is 36.4 Å². The predicted molar refractivity (Wildman–Crippen MR) is 99.2 cm³/mol. The first kappa shape index (κ1) is 16.9. The molecule has 8 nitrogen and oxygen atoms in total. The highest BCUT2D eigenvalue weighted by molar-refractivity contribution is 6.00. The lowest BCUT2D eigenvalue weighted by atomic mass is 10.2. The van der Waals surface area contributed by atoms with Crippen LogP contribution in [0.3, 0.4) is 0 Å². The lowest BCUT2D eigenvalue weighted by Crippen LogP contribution is -2.20. The first-order valence-electron chi connectivity index (χ1n) is 8.62. The number of nitrogens with zero attached hydrogens (tertiary/aromatic N) is 2. The normalized spacial score (nSPS) is 12.5. The minimum atomic E-state index is -0.354. The van der Waals surface area contributed by atoms with Crippen molar-refractivity contribution in [2.75, 3.05) is 23.8 Å². The molecule has 2 heterocycles. The van der Waals surface area contributed by atoms with Gasteiger partial charge in [-0.3, -0.25) is 0 Å². The van der Waals surface area contributed by atoms with Gasteiger partial charge in [0.2, 0.25) is 11.7 Å². The molecule has 0 atom stereocenters. The van der Waals surface area contributed by atoms with Crippen molar-refractivity contribution in [3.05, 3.63) is 48.4 Å². The van der Waals surface area contributed by atoms with Crippen LogP contribution in [0.25, 0.3) is 11.4 Å². The van der Waals surface area contributed by atoms with Crippen LogP contribution < -0.4 is 20.1 Å². The van der Waals surface area contributed by atoms with Crippen molar-refractivity contribution in [1.29, 1.82) is 0 Å². The number of ether oxygens (including phenoxy) is 2. The van der Waals surface area contributed by atoms with Crippen LogP contribution in [0.5, 0.6) is 11.5 Å². The number of nitrogens with one attached hydrogen (secondary N) is 2. The van der Waals surface area contributed by atoms with Gasteiger partial charge in [0.25, 0.3) is 0 Å². The molecule has 1 aliphatic heterocycles. The quantitative estimate of drug-likeness (QED) is 0.730. The van der Waals surface area contributed by atoms with Crippen LogP contribution in [-0.4, -0.2) is 29.4 Å². The summed E-state index contributed by atoms with van der Waals surface area (Å²) in [5.41, 5.74) is 2.08. The second-order valence-electron chi connectivity index (χ2n) is 5.88. The van der Waals surface area contributed by atoms with E-state index in [4.69, 9.17) is 14.0 Å². The third kappa shape index (κ3) is 3.84. The summed E-state index contributed by atoms with van der Waals surface area (Å²) in [6.07, 6.45) is 0.687. The highest BCUT2D eigenvalue weighted by Crippen LogP contribution is 2.32. The topological polar surface area (TPSA) is 98.5 Å². The molecular formula is C19H18N4O4. The monoisotopic (exact) mass is 366 g/mol. The number of hydrogen-bond donors (Lipinski definition) is 2. The van der Waals surface area contributed by atoms with Gasteiger partial charge in [-0.25, -0.2) is 4.79 Å². The summed E-state index contributed by atoms with van der Waals surface area (Å²) in [4.78, 5) is 16.5. The van der Waals surface area contributed by atoms with Crippen LogP contribution in [-0.2, 0) is 6.42 Å². The fourth-order valence-electron chi connectivity index (χ4n) is 2.63. The van der Waals surface area contributed by atoms with Crippen LogP contribution in [0, 0.1) is 0 Å². The molecule has 8 heteroatoms. The van der Waals surface area contributed by atoms with Crippen molar-refractivity contribution in [2.24, 2.45) is 0 Å². The van der Waals surface area contributed by atoms with Crippen LogP contribution in [0.4, 0.5) is 16.2 Å². The lowest BCUT2D eigenvalue weighted by molar-refractivity contribution is 0.171. The summed E-state index contributed by atoms with van der Waals surface area (Å²) in [5.74, 6) is 2.41. The number of hydrogen-bond acceptors (Lipinski definition) is 6. The summed E-state index contributed by atoms with van der Waals surface area (Å²) in [7, 11) is 0. The first-order valence-corrected chi connectivity index (χ1v) is 8.62. The number of aryl methyl sites for hydroxylation is 1. The average Bonchev–Trinajstić information content (AvgIpc) is 3.18. The van der Waals surface area contributed by atoms with Crippen molar-refractivity contribution in [1.82, 2.24) is 10.1 Å². The van der Waals surface area contributed by atoms with E-state index in [9.17, 15) is 4.79 Å². The van der Waals surface area contributed by atoms with Gasteiger partial charge in [0.15, 0.2) is 11.5 Å². The molecule has 0 fully saturated rings. The maximum absolute atomic E-state index is 12.2.